The minimum absolute atomic E-state index is 0.0649. The smallest absolute Gasteiger partial charge is 0.339 e. The standard InChI is InChI=1S/C21H21N3O6/c1-20(2,3)23-17(25)12-21(30-18(26)13-7-5-4-6-8-13)15-11-14(24(28)29)9-10-16(15)22-19(21)27/h4-11H,12H2,1-3H3,(H,22,27)(H,23,25). The third-order valence-corrected chi connectivity index (χ3v) is 4.46. The molecule has 9 heteroatoms. The number of carbonyl (C=O) groups is 3. The molecule has 2 aromatic carbocycles. The van der Waals surface area contributed by atoms with E-state index in [1.807, 2.05) is 0 Å². The average molecular weight is 411 g/mol. The van der Waals surface area contributed by atoms with Crippen LogP contribution < -0.4 is 10.6 Å². The third-order valence-electron chi connectivity index (χ3n) is 4.46. The summed E-state index contributed by atoms with van der Waals surface area (Å²) < 4.78 is 5.61. The van der Waals surface area contributed by atoms with Gasteiger partial charge in [0.25, 0.3) is 11.6 Å². The molecule has 0 saturated carbocycles. The van der Waals surface area contributed by atoms with Gasteiger partial charge in [0.15, 0.2) is 0 Å². The van der Waals surface area contributed by atoms with Gasteiger partial charge in [-0.1, -0.05) is 18.2 Å². The number of carbonyl (C=O) groups excluding carboxylic acids is 3. The van der Waals surface area contributed by atoms with Crippen LogP contribution in [0.3, 0.4) is 0 Å². The van der Waals surface area contributed by atoms with Crippen LogP contribution in [-0.2, 0) is 19.9 Å². The monoisotopic (exact) mass is 411 g/mol. The van der Waals surface area contributed by atoms with Crippen LogP contribution >= 0.6 is 0 Å². The highest BCUT2D eigenvalue weighted by Crippen LogP contribution is 2.43. The molecule has 0 aliphatic carbocycles. The van der Waals surface area contributed by atoms with Gasteiger partial charge in [0.1, 0.15) is 0 Å². The van der Waals surface area contributed by atoms with E-state index in [1.165, 1.54) is 24.3 Å². The van der Waals surface area contributed by atoms with Crippen molar-refractivity contribution in [2.75, 3.05) is 5.32 Å². The summed E-state index contributed by atoms with van der Waals surface area (Å²) in [5.74, 6) is -2.11. The fourth-order valence-electron chi connectivity index (χ4n) is 3.23. The molecule has 2 N–H and O–H groups in total. The normalized spacial score (nSPS) is 17.6. The molecule has 1 aliphatic heterocycles. The highest BCUT2D eigenvalue weighted by atomic mass is 16.6. The number of nitrogens with one attached hydrogen (secondary N) is 2. The number of hydrogen-bond acceptors (Lipinski definition) is 6. The highest BCUT2D eigenvalue weighted by molar-refractivity contribution is 6.09. The van der Waals surface area contributed by atoms with Gasteiger partial charge in [-0.15, -0.1) is 0 Å². The van der Waals surface area contributed by atoms with Crippen molar-refractivity contribution >= 4 is 29.2 Å². The number of nitro groups is 1. The summed E-state index contributed by atoms with van der Waals surface area (Å²) in [6.07, 6.45) is -0.525. The molecular formula is C21H21N3O6. The number of non-ortho nitro benzene ring substituents is 1. The van der Waals surface area contributed by atoms with Gasteiger partial charge in [-0.05, 0) is 39.0 Å². The van der Waals surface area contributed by atoms with Crippen molar-refractivity contribution in [3.05, 3.63) is 69.8 Å². The van der Waals surface area contributed by atoms with Crippen molar-refractivity contribution in [3.63, 3.8) is 0 Å². The number of ether oxygens (including phenoxy) is 1. The molecular weight excluding hydrogens is 390 g/mol. The van der Waals surface area contributed by atoms with E-state index in [4.69, 9.17) is 4.74 Å². The summed E-state index contributed by atoms with van der Waals surface area (Å²) in [6, 6.07) is 11.7. The van der Waals surface area contributed by atoms with Crippen molar-refractivity contribution in [1.29, 1.82) is 0 Å². The number of nitrogens with zero attached hydrogens (tertiary/aromatic N) is 1. The summed E-state index contributed by atoms with van der Waals surface area (Å²) in [6.45, 7) is 5.29. The Morgan fingerprint density at radius 1 is 1.17 bits per heavy atom. The lowest BCUT2D eigenvalue weighted by Crippen LogP contribution is -2.47. The van der Waals surface area contributed by atoms with E-state index >= 15 is 0 Å². The summed E-state index contributed by atoms with van der Waals surface area (Å²) in [5.41, 5.74) is -2.43. The molecule has 0 bridgehead atoms. The molecule has 0 aromatic heterocycles. The third kappa shape index (κ3) is 4.14. The SMILES string of the molecule is CC(C)(C)NC(=O)CC1(OC(=O)c2ccccc2)C(=O)Nc2ccc([N+](=O)[O-])cc21. The lowest BCUT2D eigenvalue weighted by atomic mass is 9.90. The Hall–Kier alpha value is -3.75. The maximum Gasteiger partial charge on any atom is 0.339 e. The first kappa shape index (κ1) is 21.0. The van der Waals surface area contributed by atoms with Crippen LogP contribution in [0.15, 0.2) is 48.5 Å². The Kier molecular flexibility index (Phi) is 5.30. The first-order valence-electron chi connectivity index (χ1n) is 9.22. The van der Waals surface area contributed by atoms with Gasteiger partial charge in [-0.3, -0.25) is 19.7 Å². The van der Waals surface area contributed by atoms with Gasteiger partial charge in [-0.2, -0.15) is 0 Å². The van der Waals surface area contributed by atoms with E-state index in [0.717, 1.165) is 6.07 Å². The van der Waals surface area contributed by atoms with Gasteiger partial charge in [0, 0.05) is 28.9 Å². The minimum Gasteiger partial charge on any atom is -0.440 e. The second kappa shape index (κ2) is 7.58. The van der Waals surface area contributed by atoms with E-state index < -0.39 is 40.3 Å². The van der Waals surface area contributed by atoms with Crippen molar-refractivity contribution in [2.45, 2.75) is 38.3 Å². The summed E-state index contributed by atoms with van der Waals surface area (Å²) in [4.78, 5) is 49.1. The summed E-state index contributed by atoms with van der Waals surface area (Å²) >= 11 is 0. The number of anilines is 1. The Balaban J connectivity index is 2.08. The lowest BCUT2D eigenvalue weighted by Gasteiger charge is -2.29. The zero-order valence-corrected chi connectivity index (χ0v) is 16.7. The first-order valence-corrected chi connectivity index (χ1v) is 9.22. The van der Waals surface area contributed by atoms with E-state index in [0.29, 0.717) is 0 Å². The van der Waals surface area contributed by atoms with Crippen LogP contribution in [-0.4, -0.2) is 28.2 Å². The Morgan fingerprint density at radius 3 is 2.43 bits per heavy atom. The number of benzene rings is 2. The summed E-state index contributed by atoms with van der Waals surface area (Å²) in [7, 11) is 0. The molecule has 3 rings (SSSR count). The molecule has 9 nitrogen and oxygen atoms in total. The molecule has 1 heterocycles. The number of hydrogen-bond donors (Lipinski definition) is 2. The van der Waals surface area contributed by atoms with Crippen molar-refractivity contribution in [2.24, 2.45) is 0 Å². The first-order chi connectivity index (χ1) is 14.0. The predicted molar refractivity (Wildman–Crippen MR) is 108 cm³/mol. The lowest BCUT2D eigenvalue weighted by molar-refractivity contribution is -0.385. The van der Waals surface area contributed by atoms with Gasteiger partial charge < -0.3 is 15.4 Å². The van der Waals surface area contributed by atoms with Crippen LogP contribution in [0.5, 0.6) is 0 Å². The number of esters is 1. The molecule has 0 radical (unpaired) electrons. The quantitative estimate of drug-likeness (QED) is 0.442. The zero-order chi connectivity index (χ0) is 22.1. The molecule has 0 spiro atoms. The average Bonchev–Trinajstić information content (AvgIpc) is 2.91. The number of amides is 2. The van der Waals surface area contributed by atoms with Crippen molar-refractivity contribution < 1.29 is 24.0 Å². The van der Waals surface area contributed by atoms with E-state index in [9.17, 15) is 24.5 Å². The van der Waals surface area contributed by atoms with Crippen LogP contribution in [0.1, 0.15) is 43.1 Å². The van der Waals surface area contributed by atoms with Crippen molar-refractivity contribution in [3.8, 4) is 0 Å². The molecule has 2 aromatic rings. The van der Waals surface area contributed by atoms with Crippen LogP contribution in [0.4, 0.5) is 11.4 Å². The second-order valence-corrected chi connectivity index (χ2v) is 8.00. The molecule has 30 heavy (non-hydrogen) atoms. The molecule has 2 amide bonds. The van der Waals surface area contributed by atoms with E-state index in [2.05, 4.69) is 10.6 Å². The molecule has 0 fully saturated rings. The van der Waals surface area contributed by atoms with E-state index in [1.54, 1.807) is 39.0 Å². The maximum atomic E-state index is 13.0. The summed E-state index contributed by atoms with van der Waals surface area (Å²) in [5, 5.41) is 16.5. The number of rotatable bonds is 5. The maximum absolute atomic E-state index is 13.0. The predicted octanol–water partition coefficient (Wildman–Crippen LogP) is 2.90. The van der Waals surface area contributed by atoms with Gasteiger partial charge in [0.2, 0.25) is 11.5 Å². The molecule has 156 valence electrons. The van der Waals surface area contributed by atoms with Crippen LogP contribution in [0.25, 0.3) is 0 Å². The van der Waals surface area contributed by atoms with Gasteiger partial charge >= 0.3 is 5.97 Å². The van der Waals surface area contributed by atoms with Gasteiger partial charge in [-0.25, -0.2) is 4.79 Å². The number of nitro benzene ring substituents is 1. The second-order valence-electron chi connectivity index (χ2n) is 8.00. The fourth-order valence-corrected chi connectivity index (χ4v) is 3.23. The van der Waals surface area contributed by atoms with Crippen molar-refractivity contribution in [1.82, 2.24) is 5.32 Å². The zero-order valence-electron chi connectivity index (χ0n) is 16.7. The molecule has 1 atom stereocenters. The van der Waals surface area contributed by atoms with Gasteiger partial charge in [0.05, 0.1) is 16.9 Å². The molecule has 1 aliphatic rings. The van der Waals surface area contributed by atoms with E-state index in [-0.39, 0.29) is 22.5 Å². The Labute approximate surface area is 172 Å². The largest absolute Gasteiger partial charge is 0.440 e. The van der Waals surface area contributed by atoms with Crippen LogP contribution in [0.2, 0.25) is 0 Å². The molecule has 0 saturated heterocycles. The fraction of sp³-hybridized carbons (Fsp3) is 0.286. The minimum atomic E-state index is -2.04. The topological polar surface area (TPSA) is 128 Å². The Morgan fingerprint density at radius 2 is 1.83 bits per heavy atom. The Bertz CT molecular complexity index is 1030. The number of fused-ring (bicyclic) bond motifs is 1. The highest BCUT2D eigenvalue weighted by Gasteiger charge is 2.53. The van der Waals surface area contributed by atoms with Crippen LogP contribution in [0, 0.1) is 10.1 Å². The molecule has 1 unspecified atom stereocenters.